The monoisotopic (exact) mass is 454 g/mol. The molecule has 0 aliphatic carbocycles. The normalized spacial score (nSPS) is 10.8. The van der Waals surface area contributed by atoms with Crippen molar-refractivity contribution in [2.45, 2.75) is 27.7 Å². The molecule has 0 saturated heterocycles. The second kappa shape index (κ2) is 13.3. The number of hydrogen-bond donors (Lipinski definition) is 1. The highest BCUT2D eigenvalue weighted by Crippen LogP contribution is 2.29. The molecule has 0 unspecified atom stereocenters. The maximum absolute atomic E-state index is 12.9. The lowest BCUT2D eigenvalue weighted by Gasteiger charge is -2.21. The van der Waals surface area contributed by atoms with Gasteiger partial charge < -0.3 is 24.4 Å². The number of benzene rings is 2. The lowest BCUT2D eigenvalue weighted by Crippen LogP contribution is -2.39. The molecule has 7 heteroatoms. The van der Waals surface area contributed by atoms with Gasteiger partial charge in [0.15, 0.2) is 11.5 Å². The molecule has 0 heterocycles. The number of nitrogens with zero attached hydrogens (tertiary/aromatic N) is 1. The number of ether oxygens (including phenoxy) is 3. The SMILES string of the molecule is CCOc1ccc(/C=C/C(=O)N(CCOC)CC(=O)Nc2cccc(C)c2C)cc1OCC. The molecule has 0 saturated carbocycles. The first kappa shape index (κ1) is 25.9. The Balaban J connectivity index is 2.11. The topological polar surface area (TPSA) is 77.1 Å². The van der Waals surface area contributed by atoms with Crippen molar-refractivity contribution in [3.63, 3.8) is 0 Å². The molecule has 2 amide bonds. The van der Waals surface area contributed by atoms with Crippen LogP contribution in [-0.2, 0) is 14.3 Å². The van der Waals surface area contributed by atoms with Crippen LogP contribution in [0.15, 0.2) is 42.5 Å². The van der Waals surface area contributed by atoms with E-state index < -0.39 is 0 Å². The number of aryl methyl sites for hydroxylation is 1. The summed E-state index contributed by atoms with van der Waals surface area (Å²) in [5, 5.41) is 2.90. The van der Waals surface area contributed by atoms with Gasteiger partial charge in [-0.3, -0.25) is 9.59 Å². The number of methoxy groups -OCH3 is 1. The van der Waals surface area contributed by atoms with Crippen LogP contribution < -0.4 is 14.8 Å². The molecular weight excluding hydrogens is 420 g/mol. The van der Waals surface area contributed by atoms with E-state index in [2.05, 4.69) is 5.32 Å². The molecule has 2 aromatic rings. The predicted octanol–water partition coefficient (Wildman–Crippen LogP) is 4.23. The average molecular weight is 455 g/mol. The van der Waals surface area contributed by atoms with Crippen LogP contribution in [-0.4, -0.2) is 56.7 Å². The summed E-state index contributed by atoms with van der Waals surface area (Å²) in [5.74, 6) is 0.738. The second-order valence-corrected chi connectivity index (χ2v) is 7.45. The molecule has 2 rings (SSSR count). The van der Waals surface area contributed by atoms with Crippen molar-refractivity contribution in [2.24, 2.45) is 0 Å². The van der Waals surface area contributed by atoms with Crippen LogP contribution in [0.4, 0.5) is 5.69 Å². The Bertz CT molecular complexity index is 971. The molecule has 0 bridgehead atoms. The first-order valence-corrected chi connectivity index (χ1v) is 11.1. The Morgan fingerprint density at radius 3 is 2.45 bits per heavy atom. The van der Waals surface area contributed by atoms with Crippen molar-refractivity contribution in [2.75, 3.05) is 45.3 Å². The highest BCUT2D eigenvalue weighted by atomic mass is 16.5. The van der Waals surface area contributed by atoms with Crippen molar-refractivity contribution in [1.29, 1.82) is 0 Å². The molecule has 33 heavy (non-hydrogen) atoms. The fraction of sp³-hybridized carbons (Fsp3) is 0.385. The first-order chi connectivity index (χ1) is 15.9. The summed E-state index contributed by atoms with van der Waals surface area (Å²) in [6.07, 6.45) is 3.15. The van der Waals surface area contributed by atoms with E-state index in [4.69, 9.17) is 14.2 Å². The number of rotatable bonds is 12. The maximum Gasteiger partial charge on any atom is 0.247 e. The molecule has 2 aromatic carbocycles. The summed E-state index contributed by atoms with van der Waals surface area (Å²) < 4.78 is 16.3. The van der Waals surface area contributed by atoms with Gasteiger partial charge in [-0.2, -0.15) is 0 Å². The molecular formula is C26H34N2O5. The van der Waals surface area contributed by atoms with Gasteiger partial charge in [0, 0.05) is 25.4 Å². The highest BCUT2D eigenvalue weighted by Gasteiger charge is 2.16. The van der Waals surface area contributed by atoms with E-state index in [-0.39, 0.29) is 18.4 Å². The van der Waals surface area contributed by atoms with Crippen LogP contribution in [0.25, 0.3) is 6.08 Å². The molecule has 7 nitrogen and oxygen atoms in total. The van der Waals surface area contributed by atoms with Crippen molar-refractivity contribution >= 4 is 23.6 Å². The summed E-state index contributed by atoms with van der Waals surface area (Å²) in [6, 6.07) is 11.2. The Kier molecular flexibility index (Phi) is 10.4. The molecule has 0 fully saturated rings. The summed E-state index contributed by atoms with van der Waals surface area (Å²) in [6.45, 7) is 9.34. The fourth-order valence-corrected chi connectivity index (χ4v) is 3.16. The van der Waals surface area contributed by atoms with Crippen LogP contribution in [0.2, 0.25) is 0 Å². The Morgan fingerprint density at radius 2 is 1.76 bits per heavy atom. The Labute approximate surface area is 196 Å². The van der Waals surface area contributed by atoms with Gasteiger partial charge in [0.05, 0.1) is 19.8 Å². The molecule has 0 aliphatic rings. The van der Waals surface area contributed by atoms with Crippen LogP contribution in [0.1, 0.15) is 30.5 Å². The van der Waals surface area contributed by atoms with E-state index in [1.54, 1.807) is 13.2 Å². The highest BCUT2D eigenvalue weighted by molar-refractivity contribution is 5.98. The van der Waals surface area contributed by atoms with Crippen molar-refractivity contribution < 1.29 is 23.8 Å². The molecule has 0 aliphatic heterocycles. The van der Waals surface area contributed by atoms with Gasteiger partial charge >= 0.3 is 0 Å². The van der Waals surface area contributed by atoms with E-state index in [1.807, 2.05) is 64.1 Å². The van der Waals surface area contributed by atoms with E-state index in [1.165, 1.54) is 11.0 Å². The minimum atomic E-state index is -0.282. The number of nitrogens with one attached hydrogen (secondary N) is 1. The standard InChI is InChI=1S/C26H34N2O5/c1-6-32-23-13-11-21(17-24(23)33-7-2)12-14-26(30)28(15-16-31-5)18-25(29)27-22-10-8-9-19(3)20(22)4/h8-14,17H,6-7,15-16,18H2,1-5H3,(H,27,29)/b14-12+. The zero-order chi connectivity index (χ0) is 24.2. The van der Waals surface area contributed by atoms with E-state index in [0.717, 1.165) is 22.4 Å². The van der Waals surface area contributed by atoms with Crippen LogP contribution in [0.3, 0.4) is 0 Å². The third-order valence-corrected chi connectivity index (χ3v) is 5.08. The average Bonchev–Trinajstić information content (AvgIpc) is 2.79. The molecule has 0 spiro atoms. The molecule has 1 N–H and O–H groups in total. The molecule has 178 valence electrons. The third-order valence-electron chi connectivity index (χ3n) is 5.08. The van der Waals surface area contributed by atoms with Gasteiger partial charge in [-0.1, -0.05) is 18.2 Å². The number of carbonyl (C=O) groups is 2. The van der Waals surface area contributed by atoms with E-state index >= 15 is 0 Å². The van der Waals surface area contributed by atoms with Gasteiger partial charge in [0.2, 0.25) is 11.8 Å². The second-order valence-electron chi connectivity index (χ2n) is 7.45. The first-order valence-electron chi connectivity index (χ1n) is 11.1. The van der Waals surface area contributed by atoms with Gasteiger partial charge in [-0.15, -0.1) is 0 Å². The summed E-state index contributed by atoms with van der Waals surface area (Å²) >= 11 is 0. The van der Waals surface area contributed by atoms with Crippen LogP contribution in [0.5, 0.6) is 11.5 Å². The third kappa shape index (κ3) is 7.95. The quantitative estimate of drug-likeness (QED) is 0.486. The van der Waals surface area contributed by atoms with Gasteiger partial charge in [-0.25, -0.2) is 0 Å². The Hall–Kier alpha value is -3.32. The fourth-order valence-electron chi connectivity index (χ4n) is 3.16. The lowest BCUT2D eigenvalue weighted by molar-refractivity contribution is -0.131. The smallest absolute Gasteiger partial charge is 0.247 e. The summed E-state index contributed by atoms with van der Waals surface area (Å²) in [5.41, 5.74) is 3.63. The minimum absolute atomic E-state index is 0.0760. The summed E-state index contributed by atoms with van der Waals surface area (Å²) in [4.78, 5) is 27.0. The summed E-state index contributed by atoms with van der Waals surface area (Å²) in [7, 11) is 1.56. The number of anilines is 1. The zero-order valence-corrected chi connectivity index (χ0v) is 20.1. The number of hydrogen-bond acceptors (Lipinski definition) is 5. The predicted molar refractivity (Wildman–Crippen MR) is 131 cm³/mol. The van der Waals surface area contributed by atoms with Gasteiger partial charge in [0.25, 0.3) is 0 Å². The zero-order valence-electron chi connectivity index (χ0n) is 20.1. The van der Waals surface area contributed by atoms with Crippen LogP contribution in [0, 0.1) is 13.8 Å². The molecule has 0 atom stereocenters. The van der Waals surface area contributed by atoms with Gasteiger partial charge in [-0.05, 0) is 68.7 Å². The van der Waals surface area contributed by atoms with Crippen molar-refractivity contribution in [1.82, 2.24) is 4.90 Å². The van der Waals surface area contributed by atoms with Crippen LogP contribution >= 0.6 is 0 Å². The van der Waals surface area contributed by atoms with Crippen molar-refractivity contribution in [3.8, 4) is 11.5 Å². The largest absolute Gasteiger partial charge is 0.490 e. The maximum atomic E-state index is 12.9. The molecule has 0 aromatic heterocycles. The number of amides is 2. The van der Waals surface area contributed by atoms with E-state index in [0.29, 0.717) is 37.9 Å². The lowest BCUT2D eigenvalue weighted by atomic mass is 10.1. The van der Waals surface area contributed by atoms with Crippen molar-refractivity contribution in [3.05, 3.63) is 59.2 Å². The van der Waals surface area contributed by atoms with E-state index in [9.17, 15) is 9.59 Å². The number of carbonyl (C=O) groups excluding carboxylic acids is 2. The molecule has 0 radical (unpaired) electrons. The Morgan fingerprint density at radius 1 is 1.03 bits per heavy atom. The van der Waals surface area contributed by atoms with Gasteiger partial charge in [0.1, 0.15) is 6.54 Å². The minimum Gasteiger partial charge on any atom is -0.490 e.